The van der Waals surface area contributed by atoms with Crippen molar-refractivity contribution < 1.29 is 9.18 Å². The topological polar surface area (TPSA) is 81.8 Å². The maximum Gasteiger partial charge on any atom is 0.320 e. The van der Waals surface area contributed by atoms with E-state index < -0.39 is 0 Å². The molecule has 0 fully saturated rings. The Balaban J connectivity index is 1.57. The van der Waals surface area contributed by atoms with Crippen LogP contribution in [0.25, 0.3) is 0 Å². The molecular formula is C14H16FN5O. The number of hydrogen-bond acceptors (Lipinski definition) is 3. The van der Waals surface area contributed by atoms with Crippen LogP contribution in [0.3, 0.4) is 0 Å². The van der Waals surface area contributed by atoms with Gasteiger partial charge in [-0.25, -0.2) is 9.18 Å². The SMILES string of the molecule is O=C(NCc1ccc(F)cc1)Nc1n[nH]c2c1CNCC2. The summed E-state index contributed by atoms with van der Waals surface area (Å²) in [4.78, 5) is 11.9. The Labute approximate surface area is 121 Å². The van der Waals surface area contributed by atoms with Crippen molar-refractivity contribution in [3.8, 4) is 0 Å². The van der Waals surface area contributed by atoms with Crippen LogP contribution in [-0.2, 0) is 19.5 Å². The molecule has 0 spiro atoms. The average Bonchev–Trinajstić information content (AvgIpc) is 2.90. The van der Waals surface area contributed by atoms with Crippen LogP contribution < -0.4 is 16.0 Å². The van der Waals surface area contributed by atoms with Crippen molar-refractivity contribution in [3.63, 3.8) is 0 Å². The molecule has 2 aromatic rings. The van der Waals surface area contributed by atoms with Gasteiger partial charge < -0.3 is 10.6 Å². The van der Waals surface area contributed by atoms with Crippen LogP contribution in [-0.4, -0.2) is 22.8 Å². The van der Waals surface area contributed by atoms with Gasteiger partial charge in [-0.15, -0.1) is 0 Å². The number of H-pyrrole nitrogens is 1. The number of nitrogens with one attached hydrogen (secondary N) is 4. The molecule has 21 heavy (non-hydrogen) atoms. The first-order valence-electron chi connectivity index (χ1n) is 6.78. The zero-order chi connectivity index (χ0) is 14.7. The number of anilines is 1. The fourth-order valence-corrected chi connectivity index (χ4v) is 2.26. The van der Waals surface area contributed by atoms with Gasteiger partial charge in [-0.3, -0.25) is 10.4 Å². The van der Waals surface area contributed by atoms with Gasteiger partial charge in [0.1, 0.15) is 5.82 Å². The van der Waals surface area contributed by atoms with Crippen molar-refractivity contribution in [1.29, 1.82) is 0 Å². The first-order valence-corrected chi connectivity index (χ1v) is 6.78. The van der Waals surface area contributed by atoms with E-state index in [1.807, 2.05) is 0 Å². The van der Waals surface area contributed by atoms with Crippen molar-refractivity contribution in [2.75, 3.05) is 11.9 Å². The van der Waals surface area contributed by atoms with Crippen molar-refractivity contribution in [3.05, 3.63) is 46.9 Å². The highest BCUT2D eigenvalue weighted by molar-refractivity contribution is 5.89. The Morgan fingerprint density at radius 3 is 2.95 bits per heavy atom. The van der Waals surface area contributed by atoms with Gasteiger partial charge in [0.2, 0.25) is 0 Å². The third kappa shape index (κ3) is 3.19. The highest BCUT2D eigenvalue weighted by atomic mass is 19.1. The maximum atomic E-state index is 12.8. The number of nitrogens with zero attached hydrogens (tertiary/aromatic N) is 1. The highest BCUT2D eigenvalue weighted by Gasteiger charge is 2.17. The Morgan fingerprint density at radius 2 is 2.14 bits per heavy atom. The zero-order valence-electron chi connectivity index (χ0n) is 11.4. The lowest BCUT2D eigenvalue weighted by Crippen LogP contribution is -2.30. The monoisotopic (exact) mass is 289 g/mol. The summed E-state index contributed by atoms with van der Waals surface area (Å²) in [7, 11) is 0. The third-order valence-corrected chi connectivity index (χ3v) is 3.40. The quantitative estimate of drug-likeness (QED) is 0.691. The molecule has 4 N–H and O–H groups in total. The molecule has 1 aromatic carbocycles. The molecule has 0 atom stereocenters. The number of aromatic amines is 1. The summed E-state index contributed by atoms with van der Waals surface area (Å²) in [6, 6.07) is 5.67. The van der Waals surface area contributed by atoms with Gasteiger partial charge in [0, 0.05) is 37.3 Å². The predicted octanol–water partition coefficient (Wildman–Crippen LogP) is 1.52. The Bertz CT molecular complexity index is 637. The molecule has 0 aliphatic carbocycles. The number of hydrogen-bond donors (Lipinski definition) is 4. The molecule has 0 radical (unpaired) electrons. The molecule has 0 saturated carbocycles. The fourth-order valence-electron chi connectivity index (χ4n) is 2.26. The summed E-state index contributed by atoms with van der Waals surface area (Å²) >= 11 is 0. The zero-order valence-corrected chi connectivity index (χ0v) is 11.4. The van der Waals surface area contributed by atoms with Crippen LogP contribution in [0.2, 0.25) is 0 Å². The van der Waals surface area contributed by atoms with E-state index in [0.717, 1.165) is 29.8 Å². The van der Waals surface area contributed by atoms with Crippen LogP contribution in [0.15, 0.2) is 24.3 Å². The van der Waals surface area contributed by atoms with Crippen molar-refractivity contribution in [1.82, 2.24) is 20.8 Å². The van der Waals surface area contributed by atoms with Gasteiger partial charge in [-0.2, -0.15) is 5.10 Å². The lowest BCUT2D eigenvalue weighted by atomic mass is 10.1. The van der Waals surface area contributed by atoms with E-state index in [9.17, 15) is 9.18 Å². The number of benzene rings is 1. The van der Waals surface area contributed by atoms with Crippen LogP contribution in [0, 0.1) is 5.82 Å². The molecule has 2 heterocycles. The highest BCUT2D eigenvalue weighted by Crippen LogP contribution is 2.19. The maximum absolute atomic E-state index is 12.8. The van der Waals surface area contributed by atoms with E-state index >= 15 is 0 Å². The molecule has 2 amide bonds. The minimum atomic E-state index is -0.334. The summed E-state index contributed by atoms with van der Waals surface area (Å²) in [6.45, 7) is 1.93. The standard InChI is InChI=1S/C14H16FN5O/c15-10-3-1-9(2-4-10)7-17-14(21)18-13-11-8-16-6-5-12(11)19-20-13/h1-4,16H,5-8H2,(H3,17,18,19,20,21). The first kappa shape index (κ1) is 13.6. The summed E-state index contributed by atoms with van der Waals surface area (Å²) in [5.74, 6) is 0.257. The number of urea groups is 1. The number of aromatic nitrogens is 2. The molecular weight excluding hydrogens is 273 g/mol. The number of amides is 2. The van der Waals surface area contributed by atoms with E-state index in [0.29, 0.717) is 18.9 Å². The lowest BCUT2D eigenvalue weighted by molar-refractivity contribution is 0.251. The minimum absolute atomic E-state index is 0.293. The molecule has 1 aliphatic heterocycles. The van der Waals surface area contributed by atoms with Crippen LogP contribution in [0.4, 0.5) is 15.0 Å². The lowest BCUT2D eigenvalue weighted by Gasteiger charge is -2.13. The number of carbonyl (C=O) groups excluding carboxylic acids is 1. The Morgan fingerprint density at radius 1 is 1.33 bits per heavy atom. The Kier molecular flexibility index (Phi) is 3.83. The predicted molar refractivity (Wildman–Crippen MR) is 76.3 cm³/mol. The van der Waals surface area contributed by atoms with E-state index in [1.54, 1.807) is 12.1 Å². The van der Waals surface area contributed by atoms with E-state index in [1.165, 1.54) is 12.1 Å². The van der Waals surface area contributed by atoms with Crippen molar-refractivity contribution >= 4 is 11.8 Å². The van der Waals surface area contributed by atoms with E-state index in [-0.39, 0.29) is 11.8 Å². The first-order chi connectivity index (χ1) is 10.2. The van der Waals surface area contributed by atoms with Gasteiger partial charge in [-0.05, 0) is 17.7 Å². The van der Waals surface area contributed by atoms with Crippen LogP contribution >= 0.6 is 0 Å². The van der Waals surface area contributed by atoms with Crippen LogP contribution in [0.5, 0.6) is 0 Å². The van der Waals surface area contributed by atoms with Crippen LogP contribution in [0.1, 0.15) is 16.8 Å². The minimum Gasteiger partial charge on any atom is -0.334 e. The van der Waals surface area contributed by atoms with Gasteiger partial charge in [0.15, 0.2) is 5.82 Å². The molecule has 3 rings (SSSR count). The van der Waals surface area contributed by atoms with Crippen molar-refractivity contribution in [2.24, 2.45) is 0 Å². The molecule has 7 heteroatoms. The molecule has 6 nitrogen and oxygen atoms in total. The van der Waals surface area contributed by atoms with Gasteiger partial charge in [0.05, 0.1) is 0 Å². The number of fused-ring (bicyclic) bond motifs is 1. The van der Waals surface area contributed by atoms with E-state index in [4.69, 9.17) is 0 Å². The fraction of sp³-hybridized carbons (Fsp3) is 0.286. The molecule has 1 aliphatic rings. The summed E-state index contributed by atoms with van der Waals surface area (Å²) in [6.07, 6.45) is 0.876. The molecule has 1 aromatic heterocycles. The second-order valence-corrected chi connectivity index (χ2v) is 4.89. The summed E-state index contributed by atoms with van der Waals surface area (Å²) in [5, 5.41) is 15.7. The van der Waals surface area contributed by atoms with Gasteiger partial charge >= 0.3 is 6.03 Å². The normalized spacial score (nSPS) is 13.6. The second kappa shape index (κ2) is 5.92. The molecule has 0 unspecified atom stereocenters. The molecule has 110 valence electrons. The number of halogens is 1. The molecule has 0 bridgehead atoms. The smallest absolute Gasteiger partial charge is 0.320 e. The largest absolute Gasteiger partial charge is 0.334 e. The van der Waals surface area contributed by atoms with E-state index in [2.05, 4.69) is 26.1 Å². The third-order valence-electron chi connectivity index (χ3n) is 3.40. The molecule has 0 saturated heterocycles. The number of rotatable bonds is 3. The Hall–Kier alpha value is -2.41. The summed E-state index contributed by atoms with van der Waals surface area (Å²) in [5.41, 5.74) is 2.89. The average molecular weight is 289 g/mol. The number of carbonyl (C=O) groups is 1. The summed E-state index contributed by atoms with van der Waals surface area (Å²) < 4.78 is 12.8. The van der Waals surface area contributed by atoms with Gasteiger partial charge in [0.25, 0.3) is 0 Å². The van der Waals surface area contributed by atoms with Crippen molar-refractivity contribution in [2.45, 2.75) is 19.5 Å². The second-order valence-electron chi connectivity index (χ2n) is 4.89. The van der Waals surface area contributed by atoms with Gasteiger partial charge in [-0.1, -0.05) is 12.1 Å².